The molecule has 0 saturated heterocycles. The van der Waals surface area contributed by atoms with Crippen molar-refractivity contribution in [3.8, 4) is 5.75 Å². The van der Waals surface area contributed by atoms with E-state index in [2.05, 4.69) is 10.3 Å². The molecule has 28 heavy (non-hydrogen) atoms. The third-order valence-corrected chi connectivity index (χ3v) is 4.66. The van der Waals surface area contributed by atoms with Gasteiger partial charge in [0.05, 0.1) is 11.6 Å². The van der Waals surface area contributed by atoms with Crippen molar-refractivity contribution in [2.24, 2.45) is 14.1 Å². The van der Waals surface area contributed by atoms with Crippen molar-refractivity contribution in [2.45, 2.75) is 19.6 Å². The maximum atomic E-state index is 12.7. The van der Waals surface area contributed by atoms with Gasteiger partial charge in [-0.25, -0.2) is 4.79 Å². The number of aliphatic hydroxyl groups excluding tert-OH is 1. The van der Waals surface area contributed by atoms with Gasteiger partial charge in [-0.05, 0) is 19.1 Å². The van der Waals surface area contributed by atoms with E-state index < -0.39 is 17.4 Å². The highest BCUT2D eigenvalue weighted by molar-refractivity contribution is 6.32. The van der Waals surface area contributed by atoms with Crippen LogP contribution in [0.5, 0.6) is 5.75 Å². The van der Waals surface area contributed by atoms with Gasteiger partial charge in [0.15, 0.2) is 11.2 Å². The second kappa shape index (κ2) is 8.07. The van der Waals surface area contributed by atoms with E-state index in [1.165, 1.54) is 11.6 Å². The molecule has 3 rings (SSSR count). The van der Waals surface area contributed by atoms with Gasteiger partial charge >= 0.3 is 5.69 Å². The van der Waals surface area contributed by atoms with E-state index in [-0.39, 0.29) is 24.3 Å². The fourth-order valence-corrected chi connectivity index (χ4v) is 3.12. The first kappa shape index (κ1) is 20.0. The molecule has 1 atom stereocenters. The summed E-state index contributed by atoms with van der Waals surface area (Å²) in [7, 11) is 2.96. The zero-order valence-corrected chi connectivity index (χ0v) is 16.6. The lowest BCUT2D eigenvalue weighted by Gasteiger charge is -2.16. The quantitative estimate of drug-likeness (QED) is 0.604. The van der Waals surface area contributed by atoms with Gasteiger partial charge in [-0.1, -0.05) is 23.7 Å². The van der Waals surface area contributed by atoms with Crippen molar-refractivity contribution < 1.29 is 9.84 Å². The number of halogens is 1. The molecule has 150 valence electrons. The Morgan fingerprint density at radius 3 is 2.64 bits per heavy atom. The topological polar surface area (TPSA) is 103 Å². The van der Waals surface area contributed by atoms with Crippen molar-refractivity contribution in [2.75, 3.05) is 18.5 Å². The number of aliphatic hydroxyl groups is 1. The van der Waals surface area contributed by atoms with E-state index in [0.29, 0.717) is 23.3 Å². The average molecular weight is 408 g/mol. The Kier molecular flexibility index (Phi) is 5.76. The van der Waals surface area contributed by atoms with Crippen LogP contribution in [0.3, 0.4) is 0 Å². The molecule has 2 heterocycles. The first-order chi connectivity index (χ1) is 13.3. The largest absolute Gasteiger partial charge is 0.489 e. The minimum Gasteiger partial charge on any atom is -0.489 e. The van der Waals surface area contributed by atoms with Gasteiger partial charge in [0, 0.05) is 20.6 Å². The van der Waals surface area contributed by atoms with Crippen molar-refractivity contribution in [1.82, 2.24) is 18.7 Å². The van der Waals surface area contributed by atoms with Crippen LogP contribution in [0.2, 0.25) is 5.02 Å². The van der Waals surface area contributed by atoms with Crippen molar-refractivity contribution in [3.63, 3.8) is 0 Å². The first-order valence-corrected chi connectivity index (χ1v) is 9.18. The van der Waals surface area contributed by atoms with E-state index in [1.54, 1.807) is 35.9 Å². The Bertz CT molecular complexity index is 1120. The highest BCUT2D eigenvalue weighted by Gasteiger charge is 2.21. The van der Waals surface area contributed by atoms with Crippen molar-refractivity contribution in [3.05, 3.63) is 50.1 Å². The Labute approximate surface area is 165 Å². The zero-order valence-electron chi connectivity index (χ0n) is 15.8. The normalized spacial score (nSPS) is 12.3. The van der Waals surface area contributed by atoms with Crippen LogP contribution in [-0.4, -0.2) is 43.0 Å². The molecule has 10 heteroatoms. The molecule has 1 unspecified atom stereocenters. The van der Waals surface area contributed by atoms with E-state index >= 15 is 0 Å². The molecule has 0 aliphatic rings. The van der Waals surface area contributed by atoms with E-state index in [9.17, 15) is 14.7 Å². The van der Waals surface area contributed by atoms with Gasteiger partial charge in [0.1, 0.15) is 18.5 Å². The lowest BCUT2D eigenvalue weighted by atomic mass is 10.3. The number of nitrogens with one attached hydrogen (secondary N) is 1. The first-order valence-electron chi connectivity index (χ1n) is 8.80. The SMILES string of the molecule is CCNc1nc2c(c(=O)n(C)c(=O)n2C)n1CC(O)COc1ccccc1Cl. The van der Waals surface area contributed by atoms with Crippen LogP contribution in [0.4, 0.5) is 5.95 Å². The molecule has 3 aromatic rings. The van der Waals surface area contributed by atoms with E-state index in [0.717, 1.165) is 4.57 Å². The van der Waals surface area contributed by atoms with Crippen LogP contribution in [0.25, 0.3) is 11.2 Å². The standard InChI is InChI=1S/C18H22ClN5O4/c1-4-20-17-21-15-14(16(26)23(3)18(27)22(15)2)24(17)9-11(25)10-28-13-8-6-5-7-12(13)19/h5-8,11,25H,4,9-10H2,1-3H3,(H,20,21). The highest BCUT2D eigenvalue weighted by Crippen LogP contribution is 2.23. The maximum absolute atomic E-state index is 12.7. The summed E-state index contributed by atoms with van der Waals surface area (Å²) < 4.78 is 9.48. The second-order valence-electron chi connectivity index (χ2n) is 6.35. The summed E-state index contributed by atoms with van der Waals surface area (Å²) in [5.41, 5.74) is -0.456. The number of benzene rings is 1. The third-order valence-electron chi connectivity index (χ3n) is 4.34. The average Bonchev–Trinajstić information content (AvgIpc) is 3.02. The lowest BCUT2D eigenvalue weighted by molar-refractivity contribution is 0.0938. The number of nitrogens with zero attached hydrogens (tertiary/aromatic N) is 4. The lowest BCUT2D eigenvalue weighted by Crippen LogP contribution is -2.38. The van der Waals surface area contributed by atoms with Crippen LogP contribution in [-0.2, 0) is 20.6 Å². The minimum atomic E-state index is -0.937. The predicted octanol–water partition coefficient (Wildman–Crippen LogP) is 0.959. The molecule has 0 aliphatic heterocycles. The number of fused-ring (bicyclic) bond motifs is 1. The predicted molar refractivity (Wildman–Crippen MR) is 107 cm³/mol. The summed E-state index contributed by atoms with van der Waals surface area (Å²) in [5.74, 6) is 0.858. The van der Waals surface area contributed by atoms with E-state index in [1.807, 2.05) is 6.92 Å². The van der Waals surface area contributed by atoms with Crippen LogP contribution >= 0.6 is 11.6 Å². The molecule has 0 aliphatic carbocycles. The molecular formula is C18H22ClN5O4. The van der Waals surface area contributed by atoms with Crippen LogP contribution in [0, 0.1) is 0 Å². The molecule has 0 spiro atoms. The van der Waals surface area contributed by atoms with Crippen LogP contribution < -0.4 is 21.3 Å². The second-order valence-corrected chi connectivity index (χ2v) is 6.76. The number of rotatable bonds is 7. The zero-order chi connectivity index (χ0) is 20.4. The summed E-state index contributed by atoms with van der Waals surface area (Å²) >= 11 is 6.06. The summed E-state index contributed by atoms with van der Waals surface area (Å²) in [6, 6.07) is 6.97. The molecule has 0 amide bonds. The highest BCUT2D eigenvalue weighted by atomic mass is 35.5. The molecule has 2 N–H and O–H groups in total. The molecule has 2 aromatic heterocycles. The van der Waals surface area contributed by atoms with Gasteiger partial charge in [0.2, 0.25) is 5.95 Å². The smallest absolute Gasteiger partial charge is 0.332 e. The van der Waals surface area contributed by atoms with Crippen molar-refractivity contribution >= 4 is 28.7 Å². The van der Waals surface area contributed by atoms with Crippen molar-refractivity contribution in [1.29, 1.82) is 0 Å². The number of anilines is 1. The van der Waals surface area contributed by atoms with Crippen LogP contribution in [0.1, 0.15) is 6.92 Å². The van der Waals surface area contributed by atoms with Gasteiger partial charge in [-0.2, -0.15) is 4.98 Å². The number of ether oxygens (including phenoxy) is 1. The number of aromatic nitrogens is 4. The number of hydrogen-bond acceptors (Lipinski definition) is 6. The number of hydrogen-bond donors (Lipinski definition) is 2. The van der Waals surface area contributed by atoms with Gasteiger partial charge in [0.25, 0.3) is 5.56 Å². The molecule has 1 aromatic carbocycles. The number of imidazole rings is 1. The monoisotopic (exact) mass is 407 g/mol. The Balaban J connectivity index is 1.95. The molecule has 9 nitrogen and oxygen atoms in total. The molecule has 0 radical (unpaired) electrons. The van der Waals surface area contributed by atoms with Gasteiger partial charge in [-0.15, -0.1) is 0 Å². The van der Waals surface area contributed by atoms with Crippen LogP contribution in [0.15, 0.2) is 33.9 Å². The molecule has 0 saturated carbocycles. The molecule has 0 fully saturated rings. The number of aryl methyl sites for hydroxylation is 1. The minimum absolute atomic E-state index is 0.0267. The third kappa shape index (κ3) is 3.63. The Morgan fingerprint density at radius 2 is 1.96 bits per heavy atom. The molecular weight excluding hydrogens is 386 g/mol. The van der Waals surface area contributed by atoms with Gasteiger partial charge in [-0.3, -0.25) is 13.9 Å². The van der Waals surface area contributed by atoms with Gasteiger partial charge < -0.3 is 19.7 Å². The van der Waals surface area contributed by atoms with E-state index in [4.69, 9.17) is 16.3 Å². The summed E-state index contributed by atoms with van der Waals surface area (Å²) in [6.45, 7) is 2.47. The summed E-state index contributed by atoms with van der Waals surface area (Å²) in [5, 5.41) is 14.0. The fraction of sp³-hybridized carbons (Fsp3) is 0.389. The maximum Gasteiger partial charge on any atom is 0.332 e. The summed E-state index contributed by atoms with van der Waals surface area (Å²) in [6.07, 6.45) is -0.937. The molecule has 0 bridgehead atoms. The number of para-hydroxylation sites is 1. The fourth-order valence-electron chi connectivity index (χ4n) is 2.93. The Hall–Kier alpha value is -2.78. The summed E-state index contributed by atoms with van der Waals surface area (Å²) in [4.78, 5) is 29.2. The Morgan fingerprint density at radius 1 is 1.25 bits per heavy atom.